The van der Waals surface area contributed by atoms with Gasteiger partial charge in [-0.2, -0.15) is 0 Å². The van der Waals surface area contributed by atoms with Crippen molar-refractivity contribution in [2.45, 2.75) is 31.8 Å². The molecule has 0 bridgehead atoms. The largest absolute Gasteiger partial charge is 0.497 e. The summed E-state index contributed by atoms with van der Waals surface area (Å²) in [6, 6.07) is 13.2. The molecule has 1 fully saturated rings. The summed E-state index contributed by atoms with van der Waals surface area (Å²) in [5.74, 6) is 1.78. The molecule has 0 amide bonds. The zero-order valence-electron chi connectivity index (χ0n) is 18.6. The highest BCUT2D eigenvalue weighted by atomic mass is 32.1. The molecule has 2 heterocycles. The topological polar surface area (TPSA) is 52.1 Å². The number of aliphatic imine (C=N–C) groups is 1. The predicted molar refractivity (Wildman–Crippen MR) is 128 cm³/mol. The Morgan fingerprint density at radius 2 is 2.07 bits per heavy atom. The molecule has 30 heavy (non-hydrogen) atoms. The van der Waals surface area contributed by atoms with E-state index in [1.807, 2.05) is 23.5 Å². The number of hydrogen-bond donors (Lipinski definition) is 2. The van der Waals surface area contributed by atoms with Crippen LogP contribution < -0.4 is 20.3 Å². The van der Waals surface area contributed by atoms with E-state index in [2.05, 4.69) is 71.1 Å². The minimum absolute atomic E-state index is 0.191. The molecular weight excluding hydrogens is 394 g/mol. The van der Waals surface area contributed by atoms with Crippen LogP contribution in [0, 0.1) is 0 Å². The zero-order valence-corrected chi connectivity index (χ0v) is 19.4. The number of ether oxygens (including phenoxy) is 1. The van der Waals surface area contributed by atoms with Crippen molar-refractivity contribution in [1.29, 1.82) is 0 Å². The Bertz CT molecular complexity index is 785. The van der Waals surface area contributed by atoms with Crippen molar-refractivity contribution in [3.8, 4) is 5.75 Å². The summed E-state index contributed by atoms with van der Waals surface area (Å²) in [6.45, 7) is 5.82. The summed E-state index contributed by atoms with van der Waals surface area (Å²) in [7, 11) is 5.90. The number of benzene rings is 1. The second-order valence-electron chi connectivity index (χ2n) is 7.83. The van der Waals surface area contributed by atoms with Crippen LogP contribution in [0.1, 0.15) is 31.4 Å². The molecule has 2 aromatic rings. The van der Waals surface area contributed by atoms with Crippen molar-refractivity contribution in [2.75, 3.05) is 52.3 Å². The summed E-state index contributed by atoms with van der Waals surface area (Å²) >= 11 is 1.82. The highest BCUT2D eigenvalue weighted by Gasteiger charge is 2.21. The molecule has 3 rings (SSSR count). The van der Waals surface area contributed by atoms with Crippen LogP contribution in [0.15, 0.2) is 46.8 Å². The third-order valence-corrected chi connectivity index (χ3v) is 6.45. The molecule has 1 atom stereocenters. The second-order valence-corrected chi connectivity index (χ2v) is 8.76. The van der Waals surface area contributed by atoms with Gasteiger partial charge in [-0.15, -0.1) is 11.3 Å². The van der Waals surface area contributed by atoms with Gasteiger partial charge in [0.25, 0.3) is 0 Å². The van der Waals surface area contributed by atoms with E-state index < -0.39 is 0 Å². The van der Waals surface area contributed by atoms with Gasteiger partial charge in [0, 0.05) is 25.7 Å². The molecule has 1 aromatic carbocycles. The van der Waals surface area contributed by atoms with Crippen LogP contribution in [0.2, 0.25) is 0 Å². The molecule has 0 aliphatic carbocycles. The summed E-state index contributed by atoms with van der Waals surface area (Å²) in [5, 5.41) is 10.6. The molecule has 1 aliphatic heterocycles. The van der Waals surface area contributed by atoms with Gasteiger partial charge in [0.15, 0.2) is 5.96 Å². The van der Waals surface area contributed by atoms with E-state index >= 15 is 0 Å². The normalized spacial score (nSPS) is 16.6. The van der Waals surface area contributed by atoms with E-state index in [0.717, 1.165) is 44.2 Å². The van der Waals surface area contributed by atoms with Crippen molar-refractivity contribution in [3.05, 3.63) is 47.3 Å². The summed E-state index contributed by atoms with van der Waals surface area (Å²) in [4.78, 5) is 9.62. The van der Waals surface area contributed by atoms with Gasteiger partial charge in [0.2, 0.25) is 0 Å². The number of anilines is 1. The first-order valence-corrected chi connectivity index (χ1v) is 11.6. The van der Waals surface area contributed by atoms with Crippen LogP contribution in [-0.2, 0) is 0 Å². The van der Waals surface area contributed by atoms with Crippen LogP contribution in [0.4, 0.5) is 5.00 Å². The number of nitrogens with zero attached hydrogens (tertiary/aromatic N) is 3. The first-order chi connectivity index (χ1) is 14.6. The van der Waals surface area contributed by atoms with Gasteiger partial charge in [0.1, 0.15) is 5.75 Å². The maximum atomic E-state index is 5.40. The number of nitrogens with one attached hydrogen (secondary N) is 2. The van der Waals surface area contributed by atoms with Gasteiger partial charge in [-0.1, -0.05) is 12.1 Å². The average Bonchev–Trinajstić information content (AvgIpc) is 3.29. The van der Waals surface area contributed by atoms with Gasteiger partial charge >= 0.3 is 0 Å². The molecule has 1 saturated heterocycles. The summed E-state index contributed by atoms with van der Waals surface area (Å²) in [5.41, 5.74) is 1.21. The minimum atomic E-state index is 0.191. The molecular formula is C23H35N5OS. The molecule has 1 aromatic heterocycles. The monoisotopic (exact) mass is 429 g/mol. The van der Waals surface area contributed by atoms with E-state index in [0.29, 0.717) is 12.6 Å². The predicted octanol–water partition coefficient (Wildman–Crippen LogP) is 3.58. The summed E-state index contributed by atoms with van der Waals surface area (Å²) in [6.07, 6.45) is 2.24. The standard InChI is InChI=1S/C23H35N5OS/c1-5-24-23(26-19-11-13-28(14-12-19)22-10-7-15-30-22)25-17-21(27(2)3)18-8-6-9-20(16-18)29-4/h6-10,15-16,19,21H,5,11-14,17H2,1-4H3,(H2,24,25,26). The third kappa shape index (κ3) is 6.12. The molecule has 7 heteroatoms. The van der Waals surface area contributed by atoms with Crippen LogP contribution in [0.25, 0.3) is 0 Å². The first kappa shape index (κ1) is 22.4. The van der Waals surface area contributed by atoms with Crippen molar-refractivity contribution >= 4 is 22.3 Å². The lowest BCUT2D eigenvalue weighted by molar-refractivity contribution is 0.305. The van der Waals surface area contributed by atoms with E-state index in [1.54, 1.807) is 7.11 Å². The van der Waals surface area contributed by atoms with Gasteiger partial charge in [0.05, 0.1) is 24.7 Å². The lowest BCUT2D eigenvalue weighted by Gasteiger charge is -2.33. The van der Waals surface area contributed by atoms with Crippen molar-refractivity contribution < 1.29 is 4.74 Å². The second kappa shape index (κ2) is 11.2. The third-order valence-electron chi connectivity index (χ3n) is 5.52. The molecule has 0 radical (unpaired) electrons. The smallest absolute Gasteiger partial charge is 0.191 e. The number of rotatable bonds is 8. The Kier molecular flexibility index (Phi) is 8.39. The Hall–Kier alpha value is -2.25. The molecule has 1 aliphatic rings. The van der Waals surface area contributed by atoms with Crippen molar-refractivity contribution in [3.63, 3.8) is 0 Å². The fourth-order valence-electron chi connectivity index (χ4n) is 3.80. The minimum Gasteiger partial charge on any atom is -0.497 e. The number of piperidine rings is 1. The Labute approximate surface area is 184 Å². The van der Waals surface area contributed by atoms with Gasteiger partial charge < -0.3 is 25.2 Å². The number of thiophene rings is 1. The van der Waals surface area contributed by atoms with Crippen LogP contribution in [0.3, 0.4) is 0 Å². The number of likely N-dealkylation sites (N-methyl/N-ethyl adjacent to an activating group) is 1. The Morgan fingerprint density at radius 3 is 2.70 bits per heavy atom. The first-order valence-electron chi connectivity index (χ1n) is 10.7. The quantitative estimate of drug-likeness (QED) is 0.496. The molecule has 164 valence electrons. The fourth-order valence-corrected chi connectivity index (χ4v) is 4.59. The average molecular weight is 430 g/mol. The SMILES string of the molecule is CCNC(=NCC(c1cccc(OC)c1)N(C)C)NC1CCN(c2cccs2)CC1. The number of guanidine groups is 1. The van der Waals surface area contributed by atoms with E-state index in [1.165, 1.54) is 10.6 Å². The number of methoxy groups -OCH3 is 1. The summed E-state index contributed by atoms with van der Waals surface area (Å²) < 4.78 is 5.40. The molecule has 0 spiro atoms. The highest BCUT2D eigenvalue weighted by molar-refractivity contribution is 7.14. The van der Waals surface area contributed by atoms with Crippen LogP contribution >= 0.6 is 11.3 Å². The lowest BCUT2D eigenvalue weighted by Crippen LogP contribution is -2.48. The maximum Gasteiger partial charge on any atom is 0.191 e. The van der Waals surface area contributed by atoms with E-state index in [4.69, 9.17) is 9.73 Å². The van der Waals surface area contributed by atoms with Crippen LogP contribution in [0.5, 0.6) is 5.75 Å². The Morgan fingerprint density at radius 1 is 1.27 bits per heavy atom. The molecule has 0 saturated carbocycles. The highest BCUT2D eigenvalue weighted by Crippen LogP contribution is 2.25. The van der Waals surface area contributed by atoms with E-state index in [-0.39, 0.29) is 6.04 Å². The lowest BCUT2D eigenvalue weighted by atomic mass is 10.1. The maximum absolute atomic E-state index is 5.40. The van der Waals surface area contributed by atoms with Crippen LogP contribution in [-0.4, -0.2) is 64.3 Å². The van der Waals surface area contributed by atoms with Crippen molar-refractivity contribution in [2.24, 2.45) is 4.99 Å². The molecule has 6 nitrogen and oxygen atoms in total. The Balaban J connectivity index is 1.61. The van der Waals surface area contributed by atoms with Crippen molar-refractivity contribution in [1.82, 2.24) is 15.5 Å². The number of hydrogen-bond acceptors (Lipinski definition) is 5. The van der Waals surface area contributed by atoms with Gasteiger partial charge in [-0.3, -0.25) is 4.99 Å². The van der Waals surface area contributed by atoms with Gasteiger partial charge in [-0.25, -0.2) is 0 Å². The molecule has 1 unspecified atom stereocenters. The zero-order chi connectivity index (χ0) is 21.3. The van der Waals surface area contributed by atoms with E-state index in [9.17, 15) is 0 Å². The van der Waals surface area contributed by atoms with Gasteiger partial charge in [-0.05, 0) is 69.1 Å². The fraction of sp³-hybridized carbons (Fsp3) is 0.522. The molecule has 2 N–H and O–H groups in total.